The predicted octanol–water partition coefficient (Wildman–Crippen LogP) is 1.10. The van der Waals surface area contributed by atoms with Gasteiger partial charge in [-0.25, -0.2) is 4.98 Å². The summed E-state index contributed by atoms with van der Waals surface area (Å²) in [5, 5.41) is 12.3. The normalized spacial score (nSPS) is 21.9. The van der Waals surface area contributed by atoms with Gasteiger partial charge < -0.3 is 19.6 Å². The van der Waals surface area contributed by atoms with Crippen LogP contribution in [-0.2, 0) is 4.74 Å². The lowest BCUT2D eigenvalue weighted by atomic mass is 9.89. The monoisotopic (exact) mass is 341 g/mol. The Bertz CT molecular complexity index is 509. The van der Waals surface area contributed by atoms with Crippen molar-refractivity contribution in [2.45, 2.75) is 13.3 Å². The van der Waals surface area contributed by atoms with Crippen molar-refractivity contribution in [1.82, 2.24) is 14.8 Å². The molecule has 0 spiro atoms. The van der Waals surface area contributed by atoms with Crippen molar-refractivity contribution in [2.24, 2.45) is 11.8 Å². The molecule has 7 heteroatoms. The SMILES string of the molecule is COCCN(C)C[C@H]1C[C@@H](CO)CN(C(=O)c2csc(C)n2)C1. The Kier molecular flexibility index (Phi) is 6.95. The first-order valence-electron chi connectivity index (χ1n) is 8.03. The maximum Gasteiger partial charge on any atom is 0.273 e. The average molecular weight is 341 g/mol. The van der Waals surface area contributed by atoms with Crippen LogP contribution in [0.4, 0.5) is 0 Å². The van der Waals surface area contributed by atoms with Gasteiger partial charge in [-0.05, 0) is 32.2 Å². The van der Waals surface area contributed by atoms with Crippen molar-refractivity contribution in [2.75, 3.05) is 53.6 Å². The number of amides is 1. The summed E-state index contributed by atoms with van der Waals surface area (Å²) < 4.78 is 5.11. The molecule has 2 rings (SSSR count). The molecule has 1 aliphatic rings. The molecule has 1 aliphatic heterocycles. The molecule has 0 radical (unpaired) electrons. The molecule has 23 heavy (non-hydrogen) atoms. The fraction of sp³-hybridized carbons (Fsp3) is 0.750. The van der Waals surface area contributed by atoms with Gasteiger partial charge in [0.25, 0.3) is 5.91 Å². The van der Waals surface area contributed by atoms with Gasteiger partial charge in [-0.3, -0.25) is 4.79 Å². The van der Waals surface area contributed by atoms with Gasteiger partial charge in [-0.2, -0.15) is 0 Å². The highest BCUT2D eigenvalue weighted by Gasteiger charge is 2.31. The van der Waals surface area contributed by atoms with E-state index in [1.165, 1.54) is 11.3 Å². The van der Waals surface area contributed by atoms with E-state index in [9.17, 15) is 9.90 Å². The second-order valence-electron chi connectivity index (χ2n) is 6.37. The third kappa shape index (κ3) is 5.24. The number of rotatable bonds is 7. The molecule has 2 heterocycles. The summed E-state index contributed by atoms with van der Waals surface area (Å²) in [6.45, 7) is 5.84. The third-order valence-corrected chi connectivity index (χ3v) is 5.03. The van der Waals surface area contributed by atoms with Gasteiger partial charge in [-0.15, -0.1) is 11.3 Å². The Morgan fingerprint density at radius 2 is 2.26 bits per heavy atom. The molecule has 0 unspecified atom stereocenters. The third-order valence-electron chi connectivity index (χ3n) is 4.25. The van der Waals surface area contributed by atoms with Crippen LogP contribution in [0.3, 0.4) is 0 Å². The zero-order valence-corrected chi connectivity index (χ0v) is 15.0. The predicted molar refractivity (Wildman–Crippen MR) is 90.8 cm³/mol. The number of hydrogen-bond donors (Lipinski definition) is 1. The quantitative estimate of drug-likeness (QED) is 0.804. The molecule has 0 aromatic carbocycles. The van der Waals surface area contributed by atoms with Gasteiger partial charge >= 0.3 is 0 Å². The smallest absolute Gasteiger partial charge is 0.273 e. The number of piperidine rings is 1. The molecule has 1 saturated heterocycles. The number of thiazole rings is 1. The van der Waals surface area contributed by atoms with E-state index in [2.05, 4.69) is 16.9 Å². The first-order chi connectivity index (χ1) is 11.0. The van der Waals surface area contributed by atoms with E-state index >= 15 is 0 Å². The van der Waals surface area contributed by atoms with Crippen molar-refractivity contribution in [3.8, 4) is 0 Å². The minimum atomic E-state index is -0.0166. The lowest BCUT2D eigenvalue weighted by molar-refractivity contribution is 0.0446. The molecular weight excluding hydrogens is 314 g/mol. The van der Waals surface area contributed by atoms with Crippen molar-refractivity contribution >= 4 is 17.2 Å². The second kappa shape index (κ2) is 8.73. The Hall–Kier alpha value is -1.02. The molecule has 2 atom stereocenters. The number of hydrogen-bond acceptors (Lipinski definition) is 6. The summed E-state index contributed by atoms with van der Waals surface area (Å²) in [4.78, 5) is 21.0. The Morgan fingerprint density at radius 1 is 1.52 bits per heavy atom. The number of methoxy groups -OCH3 is 1. The van der Waals surface area contributed by atoms with Crippen LogP contribution >= 0.6 is 11.3 Å². The first-order valence-corrected chi connectivity index (χ1v) is 8.91. The Labute approximate surface area is 142 Å². The van der Waals surface area contributed by atoms with Crippen molar-refractivity contribution in [1.29, 1.82) is 0 Å². The van der Waals surface area contributed by atoms with Gasteiger partial charge in [0, 0.05) is 45.3 Å². The highest BCUT2D eigenvalue weighted by Crippen LogP contribution is 2.24. The van der Waals surface area contributed by atoms with Gasteiger partial charge in [0.2, 0.25) is 0 Å². The molecule has 0 saturated carbocycles. The van der Waals surface area contributed by atoms with Crippen LogP contribution < -0.4 is 0 Å². The number of carbonyl (C=O) groups excluding carboxylic acids is 1. The van der Waals surface area contributed by atoms with E-state index in [-0.39, 0.29) is 18.4 Å². The number of aliphatic hydroxyl groups is 1. The maximum atomic E-state index is 12.6. The molecule has 0 aliphatic carbocycles. The zero-order chi connectivity index (χ0) is 16.8. The average Bonchev–Trinajstić information content (AvgIpc) is 2.98. The highest BCUT2D eigenvalue weighted by molar-refractivity contribution is 7.09. The molecular formula is C16H27N3O3S. The minimum Gasteiger partial charge on any atom is -0.396 e. The second-order valence-corrected chi connectivity index (χ2v) is 7.43. The lowest BCUT2D eigenvalue weighted by Crippen LogP contribution is -2.47. The van der Waals surface area contributed by atoms with Gasteiger partial charge in [0.1, 0.15) is 5.69 Å². The van der Waals surface area contributed by atoms with Crippen molar-refractivity contribution in [3.63, 3.8) is 0 Å². The number of likely N-dealkylation sites (N-methyl/N-ethyl adjacent to an activating group) is 1. The van der Waals surface area contributed by atoms with Crippen molar-refractivity contribution < 1.29 is 14.6 Å². The van der Waals surface area contributed by atoms with Crippen LogP contribution in [0.25, 0.3) is 0 Å². The van der Waals surface area contributed by atoms with Gasteiger partial charge in [0.15, 0.2) is 0 Å². The van der Waals surface area contributed by atoms with Crippen LogP contribution in [0.1, 0.15) is 21.9 Å². The summed E-state index contributed by atoms with van der Waals surface area (Å²) >= 11 is 1.49. The van der Waals surface area contributed by atoms with E-state index < -0.39 is 0 Å². The number of aryl methyl sites for hydroxylation is 1. The van der Waals surface area contributed by atoms with Crippen LogP contribution in [0.2, 0.25) is 0 Å². The largest absolute Gasteiger partial charge is 0.396 e. The number of aromatic nitrogens is 1. The number of likely N-dealkylation sites (tertiary alicyclic amines) is 1. The van der Waals surface area contributed by atoms with Gasteiger partial charge in [-0.1, -0.05) is 0 Å². The minimum absolute atomic E-state index is 0.0166. The number of aliphatic hydroxyl groups excluding tert-OH is 1. The molecule has 1 amide bonds. The zero-order valence-electron chi connectivity index (χ0n) is 14.2. The lowest BCUT2D eigenvalue weighted by Gasteiger charge is -2.38. The van der Waals surface area contributed by atoms with E-state index in [0.29, 0.717) is 24.8 Å². The van der Waals surface area contributed by atoms with Crippen LogP contribution in [0.5, 0.6) is 0 Å². The number of carbonyl (C=O) groups is 1. The van der Waals surface area contributed by atoms with Crippen molar-refractivity contribution in [3.05, 3.63) is 16.1 Å². The van der Waals surface area contributed by atoms with Crippen LogP contribution in [0, 0.1) is 18.8 Å². The van der Waals surface area contributed by atoms with E-state index in [1.54, 1.807) is 7.11 Å². The molecule has 1 aromatic rings. The Balaban J connectivity index is 1.98. The van der Waals surface area contributed by atoms with Gasteiger partial charge in [0.05, 0.1) is 11.6 Å². The Morgan fingerprint density at radius 3 is 2.87 bits per heavy atom. The van der Waals surface area contributed by atoms with E-state index in [0.717, 1.165) is 31.1 Å². The molecule has 1 N–H and O–H groups in total. The molecule has 130 valence electrons. The number of nitrogens with zero attached hydrogens (tertiary/aromatic N) is 3. The fourth-order valence-electron chi connectivity index (χ4n) is 3.15. The molecule has 1 aromatic heterocycles. The van der Waals surface area contributed by atoms with Crippen LogP contribution in [-0.4, -0.2) is 79.3 Å². The standard InChI is InChI=1S/C16H27N3O3S/c1-12-17-15(11-23-12)16(21)19-8-13(6-14(9-19)10-20)7-18(2)4-5-22-3/h11,13-14,20H,4-10H2,1-3H3/t13-,14-/m1/s1. The number of ether oxygens (including phenoxy) is 1. The summed E-state index contributed by atoms with van der Waals surface area (Å²) in [5.41, 5.74) is 0.526. The topological polar surface area (TPSA) is 65.9 Å². The van der Waals surface area contributed by atoms with Crippen LogP contribution in [0.15, 0.2) is 5.38 Å². The molecule has 6 nitrogen and oxygen atoms in total. The summed E-state index contributed by atoms with van der Waals surface area (Å²) in [7, 11) is 3.77. The maximum absolute atomic E-state index is 12.6. The van der Waals surface area contributed by atoms with E-state index in [1.807, 2.05) is 17.2 Å². The summed E-state index contributed by atoms with van der Waals surface area (Å²) in [5.74, 6) is 0.497. The first kappa shape index (κ1) is 18.3. The molecule has 0 bridgehead atoms. The summed E-state index contributed by atoms with van der Waals surface area (Å²) in [6, 6.07) is 0. The fourth-order valence-corrected chi connectivity index (χ4v) is 3.74. The highest BCUT2D eigenvalue weighted by atomic mass is 32.1. The van der Waals surface area contributed by atoms with E-state index in [4.69, 9.17) is 4.74 Å². The summed E-state index contributed by atoms with van der Waals surface area (Å²) in [6.07, 6.45) is 0.952. The molecule has 1 fully saturated rings.